The number of hydrogen-bond acceptors (Lipinski definition) is 7. The molecule has 4 aliphatic rings. The first-order chi connectivity index (χ1) is 28.6. The van der Waals surface area contributed by atoms with E-state index in [0.717, 1.165) is 59.1 Å². The molecule has 3 aromatic rings. The highest BCUT2D eigenvalue weighted by atomic mass is 19.4. The minimum atomic E-state index is -5.04. The molecule has 0 aromatic heterocycles. The second-order valence-electron chi connectivity index (χ2n) is 18.2. The van der Waals surface area contributed by atoms with E-state index in [0.29, 0.717) is 29.8 Å². The fraction of sp³-hybridized carbons (Fsp3) is 0.553. The van der Waals surface area contributed by atoms with Crippen molar-refractivity contribution in [2.75, 3.05) is 13.1 Å². The Kier molecular flexibility index (Phi) is 13.4. The van der Waals surface area contributed by atoms with Crippen LogP contribution in [0.15, 0.2) is 72.8 Å². The van der Waals surface area contributed by atoms with Gasteiger partial charge in [-0.2, -0.15) is 13.2 Å². The third kappa shape index (κ3) is 10.1. The van der Waals surface area contributed by atoms with Crippen LogP contribution in [0, 0.1) is 11.8 Å². The van der Waals surface area contributed by atoms with Gasteiger partial charge in [0.1, 0.15) is 6.04 Å². The van der Waals surface area contributed by atoms with E-state index < -0.39 is 30.3 Å². The van der Waals surface area contributed by atoms with Crippen LogP contribution in [0.1, 0.15) is 114 Å². The first kappa shape index (κ1) is 43.8. The standard InChI is InChI=1S/C47H59F3N4O6/c1-29-40(27-54-37-15-6-5-11-32(37)21-22-39(54)43(57)52-46(2,3)4)59-44(60-41(29)33-19-17-30(28-55)18-20-33)36-14-8-13-35(25-36)34-12-7-10-31(24-34)26-51-42(56)38-16-9-23-53(38)45(58)47(48,49)50/h7-8,10,12-14,17-20,24-25,29,32,37-41,44,55H,5-6,9,11,15-16,21-23,26-28H2,1-4H3,(H,51,56)(H,52,57)/t29-,32+,37+,38-,39+,40+,41+,44+/m0/s1. The van der Waals surface area contributed by atoms with Gasteiger partial charge >= 0.3 is 12.1 Å². The molecule has 1 aliphatic carbocycles. The molecule has 7 rings (SSSR count). The highest BCUT2D eigenvalue weighted by Crippen LogP contribution is 2.45. The number of aliphatic hydroxyl groups excluding tert-OH is 1. The van der Waals surface area contributed by atoms with E-state index in [2.05, 4.69) is 22.5 Å². The summed E-state index contributed by atoms with van der Waals surface area (Å²) in [6.45, 7) is 8.69. The molecule has 0 spiro atoms. The number of piperidine rings is 1. The molecule has 10 nitrogen and oxygen atoms in total. The van der Waals surface area contributed by atoms with Crippen molar-refractivity contribution in [2.45, 2.75) is 141 Å². The number of likely N-dealkylation sites (tertiary alicyclic amines) is 2. The summed E-state index contributed by atoms with van der Waals surface area (Å²) >= 11 is 0. The number of aliphatic hydroxyl groups is 1. The van der Waals surface area contributed by atoms with E-state index in [9.17, 15) is 32.7 Å². The summed E-state index contributed by atoms with van der Waals surface area (Å²) in [4.78, 5) is 42.0. The molecule has 3 amide bonds. The molecule has 0 bridgehead atoms. The average molecular weight is 833 g/mol. The largest absolute Gasteiger partial charge is 0.471 e. The van der Waals surface area contributed by atoms with Crippen LogP contribution in [0.25, 0.3) is 11.1 Å². The van der Waals surface area contributed by atoms with Crippen molar-refractivity contribution in [1.82, 2.24) is 20.4 Å². The van der Waals surface area contributed by atoms with Crippen LogP contribution in [0.3, 0.4) is 0 Å². The molecule has 324 valence electrons. The SMILES string of the molecule is C[C@H]1[C@@H](CN2[C@@H](C(=O)NC(C)(C)C)CC[C@H]3CCCC[C@H]32)O[C@@H](c2cccc(-c3cccc(CNC(=O)[C@@H]4CCCN4C(=O)C(F)(F)F)c3)c2)O[C@H]1c1ccc(CO)cc1. The van der Waals surface area contributed by atoms with Gasteiger partial charge in [0.25, 0.3) is 0 Å². The van der Waals surface area contributed by atoms with Crippen LogP contribution < -0.4 is 10.6 Å². The van der Waals surface area contributed by atoms with Gasteiger partial charge in [-0.15, -0.1) is 0 Å². The fourth-order valence-corrected chi connectivity index (χ4v) is 9.74. The predicted octanol–water partition coefficient (Wildman–Crippen LogP) is 7.74. The number of carbonyl (C=O) groups is 3. The number of nitrogens with one attached hydrogen (secondary N) is 2. The van der Waals surface area contributed by atoms with Crippen LogP contribution in [-0.4, -0.2) is 81.7 Å². The van der Waals surface area contributed by atoms with E-state index in [1.54, 1.807) is 0 Å². The minimum absolute atomic E-state index is 0.0606. The first-order valence-electron chi connectivity index (χ1n) is 21.5. The number of hydrogen-bond donors (Lipinski definition) is 3. The summed E-state index contributed by atoms with van der Waals surface area (Å²) in [5.74, 6) is -2.07. The number of nitrogens with zero attached hydrogens (tertiary/aromatic N) is 2. The van der Waals surface area contributed by atoms with E-state index in [1.165, 1.54) is 12.8 Å². The smallest absolute Gasteiger partial charge is 0.392 e. The van der Waals surface area contributed by atoms with Gasteiger partial charge < -0.3 is 30.1 Å². The van der Waals surface area contributed by atoms with E-state index in [-0.39, 0.29) is 61.7 Å². The normalized spacial score (nSPS) is 27.6. The van der Waals surface area contributed by atoms with Gasteiger partial charge in [0, 0.05) is 42.7 Å². The Balaban J connectivity index is 1.13. The first-order valence-corrected chi connectivity index (χ1v) is 21.5. The number of ether oxygens (including phenoxy) is 2. The van der Waals surface area contributed by atoms with Gasteiger partial charge in [0.15, 0.2) is 6.29 Å². The molecule has 1 saturated carbocycles. The number of amides is 3. The summed E-state index contributed by atoms with van der Waals surface area (Å²) in [6, 6.07) is 22.2. The predicted molar refractivity (Wildman–Crippen MR) is 221 cm³/mol. The van der Waals surface area contributed by atoms with Gasteiger partial charge in [-0.25, -0.2) is 0 Å². The van der Waals surface area contributed by atoms with Crippen molar-refractivity contribution in [1.29, 1.82) is 0 Å². The van der Waals surface area contributed by atoms with Crippen molar-refractivity contribution < 1.29 is 42.1 Å². The number of fused-ring (bicyclic) bond motifs is 1. The third-order valence-electron chi connectivity index (χ3n) is 12.8. The second-order valence-corrected chi connectivity index (χ2v) is 18.2. The summed E-state index contributed by atoms with van der Waals surface area (Å²) < 4.78 is 53.4. The van der Waals surface area contributed by atoms with Crippen molar-refractivity contribution in [3.8, 4) is 11.1 Å². The number of rotatable bonds is 10. The fourth-order valence-electron chi connectivity index (χ4n) is 9.74. The maximum atomic E-state index is 13.9. The Hall–Kier alpha value is -4.30. The lowest BCUT2D eigenvalue weighted by Gasteiger charge is -2.51. The number of benzene rings is 3. The highest BCUT2D eigenvalue weighted by molar-refractivity contribution is 5.90. The van der Waals surface area contributed by atoms with Gasteiger partial charge in [-0.3, -0.25) is 19.3 Å². The van der Waals surface area contributed by atoms with Crippen molar-refractivity contribution in [2.24, 2.45) is 11.8 Å². The molecule has 3 saturated heterocycles. The summed E-state index contributed by atoms with van der Waals surface area (Å²) in [6.07, 6.45) is 0.523. The molecule has 4 fully saturated rings. The Morgan fingerprint density at radius 3 is 2.22 bits per heavy atom. The maximum absolute atomic E-state index is 13.9. The molecule has 13 heteroatoms. The Bertz CT molecular complexity index is 1990. The summed E-state index contributed by atoms with van der Waals surface area (Å²) in [5, 5.41) is 15.8. The van der Waals surface area contributed by atoms with Gasteiger partial charge in [-0.1, -0.05) is 80.4 Å². The van der Waals surface area contributed by atoms with Crippen molar-refractivity contribution in [3.05, 3.63) is 95.1 Å². The average Bonchev–Trinajstić information content (AvgIpc) is 3.73. The van der Waals surface area contributed by atoms with Gasteiger partial charge in [-0.05, 0) is 105 Å². The zero-order chi connectivity index (χ0) is 42.8. The molecule has 3 aliphatic heterocycles. The van der Waals surface area contributed by atoms with Crippen LogP contribution in [0.5, 0.6) is 0 Å². The molecule has 0 unspecified atom stereocenters. The van der Waals surface area contributed by atoms with Gasteiger partial charge in [0.2, 0.25) is 11.8 Å². The Morgan fingerprint density at radius 2 is 1.50 bits per heavy atom. The van der Waals surface area contributed by atoms with Crippen LogP contribution >= 0.6 is 0 Å². The molecule has 8 atom stereocenters. The minimum Gasteiger partial charge on any atom is -0.392 e. The van der Waals surface area contributed by atoms with E-state index in [4.69, 9.17) is 9.47 Å². The number of carbonyl (C=O) groups excluding carboxylic acids is 3. The van der Waals surface area contributed by atoms with E-state index >= 15 is 0 Å². The van der Waals surface area contributed by atoms with Crippen LogP contribution in [0.2, 0.25) is 0 Å². The molecule has 60 heavy (non-hydrogen) atoms. The lowest BCUT2D eigenvalue weighted by atomic mass is 9.75. The molecule has 0 radical (unpaired) electrons. The number of alkyl halides is 3. The van der Waals surface area contributed by atoms with Crippen molar-refractivity contribution in [3.63, 3.8) is 0 Å². The monoisotopic (exact) mass is 832 g/mol. The Morgan fingerprint density at radius 1 is 0.783 bits per heavy atom. The molecule has 3 N–H and O–H groups in total. The zero-order valence-electron chi connectivity index (χ0n) is 35.0. The zero-order valence-corrected chi connectivity index (χ0v) is 35.0. The quantitative estimate of drug-likeness (QED) is 0.191. The molecule has 3 heterocycles. The lowest BCUT2D eigenvalue weighted by molar-refractivity contribution is -0.278. The molecule has 3 aromatic carbocycles. The molecular formula is C47H59F3N4O6. The molecular weight excluding hydrogens is 774 g/mol. The van der Waals surface area contributed by atoms with Crippen LogP contribution in [-0.2, 0) is 37.0 Å². The number of halogens is 3. The maximum Gasteiger partial charge on any atom is 0.471 e. The van der Waals surface area contributed by atoms with Gasteiger partial charge in [0.05, 0.1) is 24.9 Å². The summed E-state index contributed by atoms with van der Waals surface area (Å²) in [5.41, 5.74) is 4.72. The lowest BCUT2D eigenvalue weighted by Crippen LogP contribution is -2.61. The van der Waals surface area contributed by atoms with E-state index in [1.807, 2.05) is 93.6 Å². The van der Waals surface area contributed by atoms with Crippen molar-refractivity contribution >= 4 is 17.7 Å². The Labute approximate surface area is 351 Å². The summed E-state index contributed by atoms with van der Waals surface area (Å²) in [7, 11) is 0. The van der Waals surface area contributed by atoms with Crippen LogP contribution in [0.4, 0.5) is 13.2 Å². The topological polar surface area (TPSA) is 120 Å². The second kappa shape index (κ2) is 18.4. The highest BCUT2D eigenvalue weighted by Gasteiger charge is 2.48. The third-order valence-corrected chi connectivity index (χ3v) is 12.8.